The van der Waals surface area contributed by atoms with Crippen LogP contribution in [-0.4, -0.2) is 11.6 Å². The van der Waals surface area contributed by atoms with Crippen LogP contribution < -0.4 is 54.3 Å². The molecule has 10 aromatic rings. The summed E-state index contributed by atoms with van der Waals surface area (Å²) in [6, 6.07) is 48.5. The molecule has 0 heterocycles. The van der Waals surface area contributed by atoms with E-state index < -0.39 is 46.0 Å². The third kappa shape index (κ3) is 21.4. The molecular formula is C100H104O14P4. The van der Waals surface area contributed by atoms with Crippen molar-refractivity contribution in [2.75, 3.05) is 0 Å². The number of carbonyl (C=O) groups excluding carboxylic acids is 2. The third-order valence-electron chi connectivity index (χ3n) is 20.2. The Kier molecular flexibility index (Phi) is 32.1. The lowest BCUT2D eigenvalue weighted by atomic mass is 9.91. The zero-order valence-electron chi connectivity index (χ0n) is 69.4. The van der Waals surface area contributed by atoms with Gasteiger partial charge in [-0.05, 0) is 282 Å². The number of hydrogen-bond acceptors (Lipinski definition) is 14. The Morgan fingerprint density at radius 3 is 0.644 bits per heavy atom. The highest BCUT2D eigenvalue weighted by Crippen LogP contribution is 2.61. The first kappa shape index (κ1) is 88.9. The molecule has 10 rings (SSSR count). The number of hydrogen-bond donors (Lipinski definition) is 0. The zero-order chi connectivity index (χ0) is 84.7. The third-order valence-corrected chi connectivity index (χ3v) is 24.4. The van der Waals surface area contributed by atoms with Gasteiger partial charge < -0.3 is 54.3 Å². The van der Waals surface area contributed by atoms with Crippen molar-refractivity contribution in [1.82, 2.24) is 0 Å². The lowest BCUT2D eigenvalue weighted by molar-refractivity contribution is 0.103. The average molecular weight is 1650 g/mol. The predicted octanol–water partition coefficient (Wildman–Crippen LogP) is 29.3. The van der Waals surface area contributed by atoms with Gasteiger partial charge >= 0.3 is 34.4 Å². The van der Waals surface area contributed by atoms with Gasteiger partial charge in [0.2, 0.25) is 0 Å². The number of rotatable bonds is 45. The molecule has 0 aliphatic heterocycles. The highest BCUT2D eigenvalue weighted by atomic mass is 31.2. The van der Waals surface area contributed by atoms with E-state index in [0.29, 0.717) is 97.4 Å². The summed E-state index contributed by atoms with van der Waals surface area (Å²) in [5.74, 6) is 1.53. The first-order valence-corrected chi connectivity index (χ1v) is 44.1. The number of carbonyl (C=O) groups is 2. The molecule has 0 aliphatic rings. The Bertz CT molecular complexity index is 5100. The monoisotopic (exact) mass is 1650 g/mol. The Labute approximate surface area is 702 Å². The molecule has 0 radical (unpaired) electrons. The van der Waals surface area contributed by atoms with Gasteiger partial charge in [-0.2, -0.15) is 0 Å². The van der Waals surface area contributed by atoms with Crippen LogP contribution in [0.1, 0.15) is 183 Å². The van der Waals surface area contributed by atoms with Gasteiger partial charge in [0.1, 0.15) is 69.0 Å². The summed E-state index contributed by atoms with van der Waals surface area (Å²) in [5.41, 5.74) is 15.5. The standard InChI is InChI=1S/C100H104O14P4/c1-21-67-39-47-83(55-75(67)29-9)103-115(104-84-48-40-68(22-2)76(30-10)56-84)111-95-63-91(93(101)37-17)65(19)99(113-117(107-87-51-43-71(25-5)79(33-13)59-87)108-88-52-44-72(26-6)80(34-14)60-88)97(95)98-96(112-116(105-85-49-41-69(23-3)77(31-11)57-85)106-86-50-42-70(24-4)78(32-12)58-86)64-92(94(102)38-18)66(20)100(98)114-118(109-89-53-45-73(27-7)81(35-15)61-89)110-90-54-46-74(28-8)82(36-16)62-90/h21-27,37-64H,1-7,17-18,28-36H2,8-16,19-20H3. The van der Waals surface area contributed by atoms with Gasteiger partial charge in [-0.25, -0.2) is 0 Å². The molecule has 0 amide bonds. The molecule has 1 unspecified atom stereocenters. The molecule has 14 nitrogen and oxygen atoms in total. The Morgan fingerprint density at radius 1 is 0.254 bits per heavy atom. The van der Waals surface area contributed by atoms with E-state index in [1.165, 1.54) is 12.2 Å². The molecule has 1 atom stereocenters. The zero-order valence-corrected chi connectivity index (χ0v) is 73.0. The van der Waals surface area contributed by atoms with Gasteiger partial charge in [0.25, 0.3) is 0 Å². The molecule has 118 heavy (non-hydrogen) atoms. The van der Waals surface area contributed by atoms with Crippen LogP contribution in [0.2, 0.25) is 0 Å². The molecule has 10 aromatic carbocycles. The van der Waals surface area contributed by atoms with Crippen molar-refractivity contribution in [2.24, 2.45) is 0 Å². The highest BCUT2D eigenvalue weighted by Gasteiger charge is 2.39. The Balaban J connectivity index is 1.41. The largest absolute Gasteiger partial charge is 0.530 e. The summed E-state index contributed by atoms with van der Waals surface area (Å²) in [5, 5.41) is 0. The SMILES string of the molecule is C=CC(=O)c1cc(OP(Oc2ccc(C=C)c(CC)c2)Oc2ccc(C=C)c(CC)c2)c(-c2c(OP(Oc3ccc(C=C)c(CC)c3)Oc3ccc(C=C)c(CC)c3)cc(C(=O)C=C)c(C)c2OP(Oc2ccc(C=C)c(CC)c2)Oc2ccc(CC)c(CC)c2)c(OP(Oc2ccc(C=C)c(CC)c2)Oc2ccc(C=C)c(CC)c2)c1C. The van der Waals surface area contributed by atoms with E-state index in [1.807, 2.05) is 194 Å². The average Bonchev–Trinajstić information content (AvgIpc) is 0.736. The summed E-state index contributed by atoms with van der Waals surface area (Å²) >= 11 is 0. The van der Waals surface area contributed by atoms with Crippen molar-refractivity contribution in [3.05, 3.63) is 340 Å². The minimum absolute atomic E-state index is 0.00417. The topological polar surface area (TPSA) is 145 Å². The van der Waals surface area contributed by atoms with Crippen LogP contribution in [0.25, 0.3) is 53.7 Å². The van der Waals surface area contributed by atoms with Crippen LogP contribution in [0.5, 0.6) is 69.0 Å². The van der Waals surface area contributed by atoms with E-state index in [0.717, 1.165) is 95.4 Å². The van der Waals surface area contributed by atoms with Crippen LogP contribution >= 0.6 is 34.4 Å². The second-order valence-corrected chi connectivity index (χ2v) is 31.2. The highest BCUT2D eigenvalue weighted by molar-refractivity contribution is 7.44. The van der Waals surface area contributed by atoms with Crippen molar-refractivity contribution in [3.63, 3.8) is 0 Å². The lowest BCUT2D eigenvalue weighted by Crippen LogP contribution is -2.12. The first-order chi connectivity index (χ1) is 57.2. The second kappa shape index (κ2) is 42.6. The van der Waals surface area contributed by atoms with Gasteiger partial charge in [0.15, 0.2) is 11.6 Å². The maximum Gasteiger partial charge on any atom is 0.530 e. The van der Waals surface area contributed by atoms with Crippen LogP contribution in [0, 0.1) is 13.8 Å². The molecule has 0 aromatic heterocycles. The van der Waals surface area contributed by atoms with Crippen LogP contribution in [0.15, 0.2) is 229 Å². The summed E-state index contributed by atoms with van der Waals surface area (Å²) in [7, 11) is -11.1. The molecule has 0 N–H and O–H groups in total. The summed E-state index contributed by atoms with van der Waals surface area (Å²) in [6.45, 7) is 58.9. The van der Waals surface area contributed by atoms with Crippen molar-refractivity contribution in [3.8, 4) is 80.1 Å². The quantitative estimate of drug-likeness (QED) is 0.0203. The molecule has 0 aliphatic carbocycles. The first-order valence-electron chi connectivity index (χ1n) is 39.7. The van der Waals surface area contributed by atoms with Gasteiger partial charge in [-0.15, -0.1) is 0 Å². The molecule has 608 valence electrons. The molecular weight excluding hydrogens is 1550 g/mol. The molecule has 0 bridgehead atoms. The van der Waals surface area contributed by atoms with E-state index >= 15 is 9.59 Å². The minimum atomic E-state index is -2.77. The normalized spacial score (nSPS) is 11.2. The van der Waals surface area contributed by atoms with E-state index in [-0.39, 0.29) is 56.4 Å². The molecule has 0 saturated carbocycles. The van der Waals surface area contributed by atoms with Crippen LogP contribution in [0.4, 0.5) is 0 Å². The van der Waals surface area contributed by atoms with Crippen LogP contribution in [-0.2, 0) is 57.8 Å². The minimum Gasteiger partial charge on any atom is -0.408 e. The number of ketones is 2. The maximum absolute atomic E-state index is 15.4. The van der Waals surface area contributed by atoms with Crippen molar-refractivity contribution < 1.29 is 63.9 Å². The van der Waals surface area contributed by atoms with Crippen molar-refractivity contribution in [2.45, 2.75) is 134 Å². The van der Waals surface area contributed by atoms with Crippen molar-refractivity contribution in [1.29, 1.82) is 0 Å². The Morgan fingerprint density at radius 2 is 0.449 bits per heavy atom. The van der Waals surface area contributed by atoms with E-state index in [9.17, 15) is 0 Å². The summed E-state index contributed by atoms with van der Waals surface area (Å²) < 4.78 is 88.0. The fourth-order valence-electron chi connectivity index (χ4n) is 13.6. The number of aryl methyl sites for hydroxylation is 9. The number of benzene rings is 10. The lowest BCUT2D eigenvalue weighted by Gasteiger charge is -2.29. The van der Waals surface area contributed by atoms with Gasteiger partial charge in [0.05, 0.1) is 11.1 Å². The molecule has 0 fully saturated rings. The molecule has 0 saturated heterocycles. The van der Waals surface area contributed by atoms with E-state index in [4.69, 9.17) is 54.3 Å². The van der Waals surface area contributed by atoms with Crippen LogP contribution in [0.3, 0.4) is 0 Å². The van der Waals surface area contributed by atoms with E-state index in [2.05, 4.69) is 73.1 Å². The summed E-state index contributed by atoms with van der Waals surface area (Å²) in [4.78, 5) is 30.7. The fourth-order valence-corrected chi connectivity index (χ4v) is 17.7. The number of allylic oxidation sites excluding steroid dienone is 2. The summed E-state index contributed by atoms with van der Waals surface area (Å²) in [6.07, 6.45) is 20.7. The van der Waals surface area contributed by atoms with E-state index in [1.54, 1.807) is 68.5 Å². The smallest absolute Gasteiger partial charge is 0.408 e. The van der Waals surface area contributed by atoms with Crippen molar-refractivity contribution >= 4 is 88.5 Å². The second-order valence-electron chi connectivity index (χ2n) is 27.2. The Hall–Kier alpha value is -11.5. The van der Waals surface area contributed by atoms with Gasteiger partial charge in [-0.3, -0.25) is 9.59 Å². The molecule has 18 heteroatoms. The fraction of sp³-hybridized carbons (Fsp3) is 0.200. The molecule has 0 spiro atoms. The predicted molar refractivity (Wildman–Crippen MR) is 492 cm³/mol. The maximum atomic E-state index is 15.4. The van der Waals surface area contributed by atoms with Gasteiger partial charge in [0, 0.05) is 22.3 Å². The van der Waals surface area contributed by atoms with Gasteiger partial charge in [-0.1, -0.05) is 213 Å².